The van der Waals surface area contributed by atoms with Gasteiger partial charge in [0.1, 0.15) is 5.69 Å². The fraction of sp³-hybridized carbons (Fsp3) is 0.0769. The Morgan fingerprint density at radius 3 is 2.78 bits per heavy atom. The predicted molar refractivity (Wildman–Crippen MR) is 76.1 cm³/mol. The molecule has 1 N–H and O–H groups in total. The third kappa shape index (κ3) is 3.09. The molecule has 0 fully saturated rings. The number of anilines is 1. The molecule has 0 atom stereocenters. The number of aryl methyl sites for hydroxylation is 1. The second kappa shape index (κ2) is 5.50. The van der Waals surface area contributed by atoms with Gasteiger partial charge in [0.15, 0.2) is 0 Å². The number of hydrogen-bond donors (Lipinski definition) is 1. The van der Waals surface area contributed by atoms with Crippen LogP contribution in [0.5, 0.6) is 0 Å². The molecule has 0 aliphatic rings. The summed E-state index contributed by atoms with van der Waals surface area (Å²) < 4.78 is 0.860. The SMILES string of the molecule is Cc1cccc(C(=O)Nc2ccc(Br)cc2Cl)n1. The van der Waals surface area contributed by atoms with Crippen LogP contribution in [0.4, 0.5) is 5.69 Å². The lowest BCUT2D eigenvalue weighted by Crippen LogP contribution is -2.14. The molecule has 1 aromatic heterocycles. The van der Waals surface area contributed by atoms with Gasteiger partial charge in [-0.25, -0.2) is 4.98 Å². The van der Waals surface area contributed by atoms with Gasteiger partial charge in [-0.15, -0.1) is 0 Å². The summed E-state index contributed by atoms with van der Waals surface area (Å²) in [6, 6.07) is 10.6. The van der Waals surface area contributed by atoms with E-state index in [-0.39, 0.29) is 5.91 Å². The summed E-state index contributed by atoms with van der Waals surface area (Å²) >= 11 is 9.33. The molecule has 5 heteroatoms. The van der Waals surface area contributed by atoms with Crippen molar-refractivity contribution < 1.29 is 4.79 Å². The van der Waals surface area contributed by atoms with Gasteiger partial charge in [-0.05, 0) is 37.3 Å². The van der Waals surface area contributed by atoms with Crippen LogP contribution in [0.25, 0.3) is 0 Å². The number of hydrogen-bond acceptors (Lipinski definition) is 2. The second-order valence-electron chi connectivity index (χ2n) is 3.74. The molecule has 0 aliphatic heterocycles. The number of carbonyl (C=O) groups excluding carboxylic acids is 1. The standard InChI is InChI=1S/C13H10BrClN2O/c1-8-3-2-4-12(16-8)13(18)17-11-6-5-9(14)7-10(11)15/h2-7H,1H3,(H,17,18). The number of nitrogens with zero attached hydrogens (tertiary/aromatic N) is 1. The van der Waals surface area contributed by atoms with E-state index in [0.29, 0.717) is 16.4 Å². The summed E-state index contributed by atoms with van der Waals surface area (Å²) in [7, 11) is 0. The molecule has 92 valence electrons. The Balaban J connectivity index is 2.21. The molecule has 0 unspecified atom stereocenters. The van der Waals surface area contributed by atoms with Crippen molar-refractivity contribution >= 4 is 39.1 Å². The Bertz CT molecular complexity index is 601. The van der Waals surface area contributed by atoms with E-state index in [2.05, 4.69) is 26.2 Å². The zero-order valence-electron chi connectivity index (χ0n) is 9.58. The molecular weight excluding hydrogens is 316 g/mol. The zero-order valence-corrected chi connectivity index (χ0v) is 11.9. The summed E-state index contributed by atoms with van der Waals surface area (Å²) in [5.41, 5.74) is 1.73. The fourth-order valence-corrected chi connectivity index (χ4v) is 2.17. The van der Waals surface area contributed by atoms with Crippen LogP contribution < -0.4 is 5.32 Å². The van der Waals surface area contributed by atoms with Crippen molar-refractivity contribution in [1.29, 1.82) is 0 Å². The first-order chi connectivity index (χ1) is 8.56. The zero-order chi connectivity index (χ0) is 13.1. The topological polar surface area (TPSA) is 42.0 Å². The van der Waals surface area contributed by atoms with Crippen LogP contribution in [0, 0.1) is 6.92 Å². The number of nitrogens with one attached hydrogen (secondary N) is 1. The van der Waals surface area contributed by atoms with Gasteiger partial charge in [-0.1, -0.05) is 33.6 Å². The van der Waals surface area contributed by atoms with Crippen LogP contribution in [0.2, 0.25) is 5.02 Å². The molecule has 2 rings (SSSR count). The Kier molecular flexibility index (Phi) is 3.99. The molecule has 0 aliphatic carbocycles. The Labute approximate surface area is 118 Å². The lowest BCUT2D eigenvalue weighted by molar-refractivity contribution is 0.102. The average Bonchev–Trinajstić information content (AvgIpc) is 2.32. The molecule has 1 aromatic carbocycles. The summed E-state index contributed by atoms with van der Waals surface area (Å²) in [5.74, 6) is -0.275. The molecular formula is C13H10BrClN2O. The van der Waals surface area contributed by atoms with Gasteiger partial charge >= 0.3 is 0 Å². The maximum Gasteiger partial charge on any atom is 0.274 e. The predicted octanol–water partition coefficient (Wildman–Crippen LogP) is 4.06. The minimum atomic E-state index is -0.275. The van der Waals surface area contributed by atoms with Crippen molar-refractivity contribution in [3.8, 4) is 0 Å². The maximum atomic E-state index is 12.0. The molecule has 1 amide bonds. The monoisotopic (exact) mass is 324 g/mol. The van der Waals surface area contributed by atoms with Crippen LogP contribution in [-0.2, 0) is 0 Å². The minimum Gasteiger partial charge on any atom is -0.319 e. The molecule has 2 aromatic rings. The highest BCUT2D eigenvalue weighted by Gasteiger charge is 2.09. The van der Waals surface area contributed by atoms with Gasteiger partial charge in [-0.3, -0.25) is 4.79 Å². The van der Waals surface area contributed by atoms with Crippen LogP contribution in [-0.4, -0.2) is 10.9 Å². The number of amides is 1. The number of benzene rings is 1. The molecule has 1 heterocycles. The summed E-state index contributed by atoms with van der Waals surface area (Å²) in [6.07, 6.45) is 0. The van der Waals surface area contributed by atoms with Gasteiger partial charge in [0.05, 0.1) is 10.7 Å². The molecule has 0 radical (unpaired) electrons. The van der Waals surface area contributed by atoms with E-state index in [1.807, 2.05) is 19.1 Å². The van der Waals surface area contributed by atoms with E-state index in [1.165, 1.54) is 0 Å². The molecule has 18 heavy (non-hydrogen) atoms. The number of halogens is 2. The van der Waals surface area contributed by atoms with E-state index >= 15 is 0 Å². The van der Waals surface area contributed by atoms with Crippen molar-refractivity contribution in [2.45, 2.75) is 6.92 Å². The average molecular weight is 326 g/mol. The van der Waals surface area contributed by atoms with E-state index in [4.69, 9.17) is 11.6 Å². The van der Waals surface area contributed by atoms with Crippen LogP contribution >= 0.6 is 27.5 Å². The van der Waals surface area contributed by atoms with Gasteiger partial charge in [0, 0.05) is 10.2 Å². The van der Waals surface area contributed by atoms with Gasteiger partial charge in [0.2, 0.25) is 0 Å². The minimum absolute atomic E-state index is 0.275. The van der Waals surface area contributed by atoms with Crippen molar-refractivity contribution in [3.63, 3.8) is 0 Å². The number of rotatable bonds is 2. The molecule has 0 saturated heterocycles. The second-order valence-corrected chi connectivity index (χ2v) is 5.07. The number of aromatic nitrogens is 1. The van der Waals surface area contributed by atoms with E-state index < -0.39 is 0 Å². The van der Waals surface area contributed by atoms with E-state index in [0.717, 1.165) is 10.2 Å². The number of carbonyl (C=O) groups is 1. The third-order valence-corrected chi connectivity index (χ3v) is 3.11. The number of pyridine rings is 1. The first-order valence-corrected chi connectivity index (χ1v) is 6.43. The summed E-state index contributed by atoms with van der Waals surface area (Å²) in [4.78, 5) is 16.1. The largest absolute Gasteiger partial charge is 0.319 e. The van der Waals surface area contributed by atoms with Crippen LogP contribution in [0.1, 0.15) is 16.2 Å². The van der Waals surface area contributed by atoms with Crippen LogP contribution in [0.3, 0.4) is 0 Å². The lowest BCUT2D eigenvalue weighted by Gasteiger charge is -2.07. The molecule has 0 saturated carbocycles. The Morgan fingerprint density at radius 2 is 2.11 bits per heavy atom. The fourth-order valence-electron chi connectivity index (χ4n) is 1.45. The Morgan fingerprint density at radius 1 is 1.33 bits per heavy atom. The third-order valence-electron chi connectivity index (χ3n) is 2.30. The Hall–Kier alpha value is -1.39. The van der Waals surface area contributed by atoms with Crippen LogP contribution in [0.15, 0.2) is 40.9 Å². The van der Waals surface area contributed by atoms with E-state index in [1.54, 1.807) is 24.3 Å². The van der Waals surface area contributed by atoms with Gasteiger partial charge < -0.3 is 5.32 Å². The summed E-state index contributed by atoms with van der Waals surface area (Å²) in [5, 5.41) is 3.20. The van der Waals surface area contributed by atoms with Crippen molar-refractivity contribution in [2.24, 2.45) is 0 Å². The lowest BCUT2D eigenvalue weighted by atomic mass is 10.2. The highest BCUT2D eigenvalue weighted by Crippen LogP contribution is 2.25. The first-order valence-electron chi connectivity index (χ1n) is 5.26. The molecule has 0 bridgehead atoms. The first kappa shape index (κ1) is 13.1. The van der Waals surface area contributed by atoms with Crippen molar-refractivity contribution in [3.05, 3.63) is 57.3 Å². The van der Waals surface area contributed by atoms with Gasteiger partial charge in [0.25, 0.3) is 5.91 Å². The quantitative estimate of drug-likeness (QED) is 0.905. The van der Waals surface area contributed by atoms with Crippen molar-refractivity contribution in [1.82, 2.24) is 4.98 Å². The highest BCUT2D eigenvalue weighted by molar-refractivity contribution is 9.10. The van der Waals surface area contributed by atoms with Crippen molar-refractivity contribution in [2.75, 3.05) is 5.32 Å². The smallest absolute Gasteiger partial charge is 0.274 e. The normalized spacial score (nSPS) is 10.2. The molecule has 3 nitrogen and oxygen atoms in total. The molecule has 0 spiro atoms. The summed E-state index contributed by atoms with van der Waals surface area (Å²) in [6.45, 7) is 1.84. The van der Waals surface area contributed by atoms with E-state index in [9.17, 15) is 4.79 Å². The van der Waals surface area contributed by atoms with Gasteiger partial charge in [-0.2, -0.15) is 0 Å². The highest BCUT2D eigenvalue weighted by atomic mass is 79.9. The maximum absolute atomic E-state index is 12.0.